The molecule has 24 heavy (non-hydrogen) atoms. The fourth-order valence-corrected chi connectivity index (χ4v) is 3.43. The van der Waals surface area contributed by atoms with Gasteiger partial charge >= 0.3 is 12.3 Å². The van der Waals surface area contributed by atoms with Gasteiger partial charge in [-0.25, -0.2) is 9.48 Å². The molecule has 2 heterocycles. The first kappa shape index (κ1) is 16.9. The fourth-order valence-electron chi connectivity index (χ4n) is 3.43. The van der Waals surface area contributed by atoms with Gasteiger partial charge in [-0.1, -0.05) is 0 Å². The van der Waals surface area contributed by atoms with Crippen molar-refractivity contribution in [1.29, 1.82) is 0 Å². The molecule has 0 atom stereocenters. The molecule has 9 heteroatoms. The Morgan fingerprint density at radius 2 is 1.92 bits per heavy atom. The van der Waals surface area contributed by atoms with Crippen LogP contribution in [0.5, 0.6) is 0 Å². The lowest BCUT2D eigenvalue weighted by Crippen LogP contribution is -2.64. The highest BCUT2D eigenvalue weighted by Crippen LogP contribution is 2.54. The first-order chi connectivity index (χ1) is 10.9. The number of alkyl halides is 3. The number of rotatable bonds is 1. The van der Waals surface area contributed by atoms with Crippen molar-refractivity contribution in [3.8, 4) is 0 Å². The molecular formula is C15H21F3N4O2. The molecule has 0 bridgehead atoms. The minimum Gasteiger partial charge on any atom is -0.444 e. The molecule has 0 aromatic carbocycles. The Bertz CT molecular complexity index is 649. The summed E-state index contributed by atoms with van der Waals surface area (Å²) in [4.78, 5) is 13.5. The van der Waals surface area contributed by atoms with Gasteiger partial charge in [-0.3, -0.25) is 0 Å². The lowest BCUT2D eigenvalue weighted by Gasteiger charge is -2.58. The number of amides is 1. The highest BCUT2D eigenvalue weighted by atomic mass is 19.4. The highest BCUT2D eigenvalue weighted by molar-refractivity contribution is 5.69. The van der Waals surface area contributed by atoms with Crippen molar-refractivity contribution in [2.75, 3.05) is 18.8 Å². The van der Waals surface area contributed by atoms with Gasteiger partial charge in [-0.2, -0.15) is 18.3 Å². The van der Waals surface area contributed by atoms with Crippen molar-refractivity contribution in [2.24, 2.45) is 5.41 Å². The van der Waals surface area contributed by atoms with Crippen LogP contribution in [0.2, 0.25) is 0 Å². The van der Waals surface area contributed by atoms with Crippen LogP contribution >= 0.6 is 0 Å². The Hall–Kier alpha value is -1.93. The number of nitrogens with zero attached hydrogens (tertiary/aromatic N) is 3. The number of ether oxygens (including phenoxy) is 1. The molecule has 1 amide bonds. The topological polar surface area (TPSA) is 73.4 Å². The Kier molecular flexibility index (Phi) is 3.55. The van der Waals surface area contributed by atoms with Gasteiger partial charge in [-0.15, -0.1) is 0 Å². The van der Waals surface area contributed by atoms with Gasteiger partial charge in [0.25, 0.3) is 0 Å². The number of hydrogen-bond acceptors (Lipinski definition) is 4. The standard InChI is InChI=1S/C15H21F3N4O2/c1-13(2,3)24-12(23)21-7-14(8-21)5-9(6-14)22-11(19)4-10(20-22)15(16,17)18/h4,9H,5-8,19H2,1-3H3. The number of aromatic nitrogens is 2. The summed E-state index contributed by atoms with van der Waals surface area (Å²) in [5.74, 6) is 0.0190. The molecule has 6 nitrogen and oxygen atoms in total. The first-order valence-electron chi connectivity index (χ1n) is 7.79. The number of anilines is 1. The molecule has 1 saturated carbocycles. The van der Waals surface area contributed by atoms with Crippen molar-refractivity contribution < 1.29 is 22.7 Å². The van der Waals surface area contributed by atoms with Crippen LogP contribution in [0.15, 0.2) is 6.07 Å². The molecule has 1 saturated heterocycles. The van der Waals surface area contributed by atoms with Gasteiger partial charge in [0, 0.05) is 24.6 Å². The summed E-state index contributed by atoms with van der Waals surface area (Å²) >= 11 is 0. The summed E-state index contributed by atoms with van der Waals surface area (Å²) in [6, 6.07) is 0.709. The number of hydrogen-bond donors (Lipinski definition) is 1. The maximum absolute atomic E-state index is 12.7. The molecule has 0 radical (unpaired) electrons. The Labute approximate surface area is 137 Å². The SMILES string of the molecule is CC(C)(C)OC(=O)N1CC2(CC(n3nc(C(F)(F)F)cc3N)C2)C1. The van der Waals surface area contributed by atoms with Gasteiger partial charge in [0.1, 0.15) is 11.4 Å². The summed E-state index contributed by atoms with van der Waals surface area (Å²) in [6.45, 7) is 6.53. The average molecular weight is 346 g/mol. The van der Waals surface area contributed by atoms with E-state index in [-0.39, 0.29) is 23.4 Å². The van der Waals surface area contributed by atoms with Crippen molar-refractivity contribution >= 4 is 11.9 Å². The quantitative estimate of drug-likeness (QED) is 0.848. The third-order valence-corrected chi connectivity index (χ3v) is 4.44. The first-order valence-corrected chi connectivity index (χ1v) is 7.79. The maximum Gasteiger partial charge on any atom is 0.435 e. The van der Waals surface area contributed by atoms with Crippen LogP contribution in [0.25, 0.3) is 0 Å². The van der Waals surface area contributed by atoms with E-state index in [1.807, 2.05) is 0 Å². The molecule has 1 aliphatic carbocycles. The van der Waals surface area contributed by atoms with E-state index in [9.17, 15) is 18.0 Å². The minimum absolute atomic E-state index is 0.0190. The number of halogens is 3. The second-order valence-corrected chi connectivity index (χ2v) is 7.80. The van der Waals surface area contributed by atoms with Crippen LogP contribution in [0.1, 0.15) is 45.3 Å². The summed E-state index contributed by atoms with van der Waals surface area (Å²) in [7, 11) is 0. The van der Waals surface area contributed by atoms with Crippen LogP contribution in [-0.2, 0) is 10.9 Å². The highest BCUT2D eigenvalue weighted by Gasteiger charge is 2.55. The van der Waals surface area contributed by atoms with Gasteiger partial charge < -0.3 is 15.4 Å². The van der Waals surface area contributed by atoms with Crippen molar-refractivity contribution in [3.63, 3.8) is 0 Å². The Balaban J connectivity index is 1.56. The second kappa shape index (κ2) is 5.03. The summed E-state index contributed by atoms with van der Waals surface area (Å²) in [5, 5.41) is 3.59. The molecule has 1 aromatic rings. The van der Waals surface area contributed by atoms with E-state index in [4.69, 9.17) is 10.5 Å². The van der Waals surface area contributed by atoms with Gasteiger partial charge in [0.05, 0.1) is 6.04 Å². The van der Waals surface area contributed by atoms with E-state index in [0.29, 0.717) is 25.9 Å². The fraction of sp³-hybridized carbons (Fsp3) is 0.733. The van der Waals surface area contributed by atoms with Crippen molar-refractivity contribution in [1.82, 2.24) is 14.7 Å². The van der Waals surface area contributed by atoms with Crippen molar-refractivity contribution in [2.45, 2.75) is 51.4 Å². The predicted octanol–water partition coefficient (Wildman–Crippen LogP) is 3.06. The van der Waals surface area contributed by atoms with E-state index < -0.39 is 17.5 Å². The Morgan fingerprint density at radius 1 is 1.33 bits per heavy atom. The van der Waals surface area contributed by atoms with Crippen LogP contribution in [0, 0.1) is 5.41 Å². The van der Waals surface area contributed by atoms with E-state index in [1.165, 1.54) is 4.68 Å². The molecule has 2 fully saturated rings. The van der Waals surface area contributed by atoms with E-state index >= 15 is 0 Å². The lowest BCUT2D eigenvalue weighted by molar-refractivity contribution is -0.142. The van der Waals surface area contributed by atoms with Gasteiger partial charge in [0.15, 0.2) is 5.69 Å². The molecule has 1 spiro atoms. The molecule has 1 aliphatic heterocycles. The summed E-state index contributed by atoms with van der Waals surface area (Å²) in [6.07, 6.45) is -3.52. The number of carbonyl (C=O) groups is 1. The van der Waals surface area contributed by atoms with Crippen LogP contribution in [0.3, 0.4) is 0 Å². The van der Waals surface area contributed by atoms with Crippen LogP contribution < -0.4 is 5.73 Å². The third kappa shape index (κ3) is 3.03. The maximum atomic E-state index is 12.7. The van der Waals surface area contributed by atoms with Gasteiger partial charge in [-0.05, 0) is 33.6 Å². The predicted molar refractivity (Wildman–Crippen MR) is 80.2 cm³/mol. The largest absolute Gasteiger partial charge is 0.444 e. The number of likely N-dealkylation sites (tertiary alicyclic amines) is 1. The number of nitrogens with two attached hydrogens (primary N) is 1. The zero-order chi connectivity index (χ0) is 17.9. The Morgan fingerprint density at radius 3 is 2.38 bits per heavy atom. The van der Waals surface area contributed by atoms with Crippen LogP contribution in [0.4, 0.5) is 23.8 Å². The monoisotopic (exact) mass is 346 g/mol. The third-order valence-electron chi connectivity index (χ3n) is 4.44. The normalized spacial score (nSPS) is 20.7. The molecule has 1 aromatic heterocycles. The number of nitrogen functional groups attached to an aromatic ring is 1. The van der Waals surface area contributed by atoms with Crippen LogP contribution in [-0.4, -0.2) is 39.5 Å². The molecule has 3 rings (SSSR count). The summed E-state index contributed by atoms with van der Waals surface area (Å²) in [5.41, 5.74) is 4.10. The van der Waals surface area contributed by atoms with E-state index in [1.54, 1.807) is 25.7 Å². The van der Waals surface area contributed by atoms with Gasteiger partial charge in [0.2, 0.25) is 0 Å². The molecule has 0 unspecified atom stereocenters. The lowest BCUT2D eigenvalue weighted by atomic mass is 9.61. The molecular weight excluding hydrogens is 325 g/mol. The zero-order valence-corrected chi connectivity index (χ0v) is 13.9. The molecule has 2 aliphatic rings. The van der Waals surface area contributed by atoms with Crippen molar-refractivity contribution in [3.05, 3.63) is 11.8 Å². The second-order valence-electron chi connectivity index (χ2n) is 7.80. The number of carbonyl (C=O) groups excluding carboxylic acids is 1. The minimum atomic E-state index is -4.50. The van der Waals surface area contributed by atoms with E-state index in [2.05, 4.69) is 5.10 Å². The molecule has 134 valence electrons. The smallest absolute Gasteiger partial charge is 0.435 e. The van der Waals surface area contributed by atoms with E-state index in [0.717, 1.165) is 6.07 Å². The molecule has 2 N–H and O–H groups in total. The zero-order valence-electron chi connectivity index (χ0n) is 13.9. The summed E-state index contributed by atoms with van der Waals surface area (Å²) < 4.78 is 44.6. The average Bonchev–Trinajstić information content (AvgIpc) is 2.65.